The average molecular weight is 1580 g/mol. The Bertz CT molecular complexity index is 4360. The van der Waals surface area contributed by atoms with Gasteiger partial charge in [0.2, 0.25) is 35.6 Å². The van der Waals surface area contributed by atoms with Crippen molar-refractivity contribution in [3.05, 3.63) is 131 Å². The van der Waals surface area contributed by atoms with Crippen molar-refractivity contribution in [3.8, 4) is 0 Å². The second kappa shape index (κ2) is 35.6. The number of aliphatic hydroxyl groups excluding tert-OH is 1. The van der Waals surface area contributed by atoms with Crippen LogP contribution in [0.3, 0.4) is 0 Å². The number of aliphatic carboxylic acids is 1. The monoisotopic (exact) mass is 1580 g/mol. The third-order valence-corrected chi connectivity index (χ3v) is 23.5. The summed E-state index contributed by atoms with van der Waals surface area (Å²) < 4.78 is 39.0. The summed E-state index contributed by atoms with van der Waals surface area (Å²) in [6.45, 7) is 7.30. The Labute approximate surface area is 657 Å². The molecule has 7 aliphatic rings. The lowest BCUT2D eigenvalue weighted by Crippen LogP contribution is -2.82. The van der Waals surface area contributed by atoms with Crippen LogP contribution in [-0.2, 0) is 94.1 Å². The Balaban J connectivity index is 0.783. The van der Waals surface area contributed by atoms with Crippen LogP contribution in [0.25, 0.3) is 0 Å². The van der Waals surface area contributed by atoms with Crippen LogP contribution in [-0.4, -0.2) is 216 Å². The molecule has 0 spiro atoms. The molecule has 5 heterocycles. The summed E-state index contributed by atoms with van der Waals surface area (Å²) in [7, 11) is 0. The molecule has 17 atom stereocenters. The lowest BCUT2D eigenvalue weighted by molar-refractivity contribution is -0.346. The molecule has 11 rings (SSSR count). The molecule has 2 saturated carbocycles. The molecule has 6 fully saturated rings. The fraction of sp³-hybridized carbons (Fsp3) is 0.550. The number of guanidine groups is 1. The van der Waals surface area contributed by atoms with Gasteiger partial charge in [-0.3, -0.25) is 62.4 Å². The van der Waals surface area contributed by atoms with E-state index in [1.807, 2.05) is 0 Å². The number of fused-ring (bicyclic) bond motifs is 6. The normalized spacial score (nSPS) is 29.0. The molecule has 34 nitrogen and oxygen atoms in total. The number of aliphatic hydroxyl groups is 2. The minimum atomic E-state index is -2.53. The van der Waals surface area contributed by atoms with Gasteiger partial charge in [0.1, 0.15) is 54.1 Å². The zero-order valence-electron chi connectivity index (χ0n) is 64.5. The fourth-order valence-electron chi connectivity index (χ4n) is 17.7. The summed E-state index contributed by atoms with van der Waals surface area (Å²) in [5.74, 6) is -14.2. The Morgan fingerprint density at radius 3 is 2.09 bits per heavy atom. The van der Waals surface area contributed by atoms with E-state index in [-0.39, 0.29) is 92.9 Å². The minimum Gasteiger partial charge on any atom is -0.481 e. The van der Waals surface area contributed by atoms with Gasteiger partial charge in [-0.25, -0.2) is 9.59 Å². The SMILES string of the molecule is CC(=O)O[C@H]1C(=O)[C@@]2(C)[C@H]([C@H](OC(=O)c3ccccc3)[C@]3(O)C[C@H](OC(=O)[C@H](OC(=O)CCCCCCCCc4cn(C[C@@H]5C[C@@H]6CC[C@H]7C(=O)N[C@@H](CCCN=C(N)N)C(=O)NCC(=O)N[C@@H](CC(=O)O)C(=O)N[C@H]5C(=O)N67)nn4)[C@@H](NC(=O)c4ccccc4)c4ccccc4)C(C)=C1C3(C)C)[C@]1(OC(C)=O)CO[C@@H]1C[C@@H]2O. The van der Waals surface area contributed by atoms with Gasteiger partial charge in [-0.2, -0.15) is 0 Å². The lowest BCUT2D eigenvalue weighted by atomic mass is 9.44. The van der Waals surface area contributed by atoms with Crippen molar-refractivity contribution in [1.29, 1.82) is 0 Å². The second-order valence-corrected chi connectivity index (χ2v) is 31.3. The number of rotatable bonds is 28. The van der Waals surface area contributed by atoms with E-state index in [2.05, 4.69) is 41.9 Å². The zero-order chi connectivity index (χ0) is 82.1. The van der Waals surface area contributed by atoms with Crippen LogP contribution in [0.1, 0.15) is 176 Å². The van der Waals surface area contributed by atoms with E-state index in [0.717, 1.165) is 20.3 Å². The van der Waals surface area contributed by atoms with E-state index >= 15 is 9.59 Å². The van der Waals surface area contributed by atoms with Gasteiger partial charge in [0.15, 0.2) is 23.4 Å². The Morgan fingerprint density at radius 2 is 1.44 bits per heavy atom. The summed E-state index contributed by atoms with van der Waals surface area (Å²) in [6, 6.07) is 16.9. The molecule has 3 aliphatic carbocycles. The molecule has 114 heavy (non-hydrogen) atoms. The maximum Gasteiger partial charge on any atom is 0.350 e. The minimum absolute atomic E-state index is 0.0146. The van der Waals surface area contributed by atoms with Crippen LogP contribution in [0.2, 0.25) is 0 Å². The largest absolute Gasteiger partial charge is 0.481 e. The number of nitrogens with one attached hydrogen (secondary N) is 5. The first-order chi connectivity index (χ1) is 54.2. The molecule has 4 bridgehead atoms. The summed E-state index contributed by atoms with van der Waals surface area (Å²) in [5, 5.41) is 58.2. The molecule has 3 aromatic carbocycles. The molecular weight excluding hydrogens is 1480 g/mol. The van der Waals surface area contributed by atoms with Gasteiger partial charge in [-0.15, -0.1) is 5.10 Å². The van der Waals surface area contributed by atoms with Gasteiger partial charge in [-0.05, 0) is 106 Å². The highest BCUT2D eigenvalue weighted by molar-refractivity contribution is 6.00. The van der Waals surface area contributed by atoms with Crippen molar-refractivity contribution in [2.24, 2.45) is 39.1 Å². The maximum absolute atomic E-state index is 16.0. The third-order valence-electron chi connectivity index (χ3n) is 23.5. The number of esters is 5. The molecule has 6 amide bonds. The number of Topliss-reactive ketones (excluding diaryl/α,β-unsaturated/α-hetero) is 1. The fourth-order valence-corrected chi connectivity index (χ4v) is 17.7. The van der Waals surface area contributed by atoms with E-state index in [0.29, 0.717) is 49.8 Å². The number of amides is 6. The Kier molecular flexibility index (Phi) is 26.2. The van der Waals surface area contributed by atoms with E-state index in [4.69, 9.17) is 39.9 Å². The number of nitrogens with zero attached hydrogens (tertiary/aromatic N) is 5. The lowest BCUT2D eigenvalue weighted by Gasteiger charge is -2.67. The first kappa shape index (κ1) is 83.9. The van der Waals surface area contributed by atoms with Gasteiger partial charge in [-0.1, -0.05) is 111 Å². The van der Waals surface area contributed by atoms with E-state index in [1.165, 1.54) is 44.7 Å². The predicted octanol–water partition coefficient (Wildman–Crippen LogP) is 2.34. The number of hydrogen-bond acceptors (Lipinski definition) is 24. The highest BCUT2D eigenvalue weighted by atomic mass is 16.6. The number of carbonyl (C=O) groups excluding carboxylic acids is 12. The van der Waals surface area contributed by atoms with Gasteiger partial charge in [0.05, 0.1) is 48.3 Å². The first-order valence-corrected chi connectivity index (χ1v) is 38.6. The smallest absolute Gasteiger partial charge is 0.350 e. The van der Waals surface area contributed by atoms with Crippen molar-refractivity contribution < 1.29 is 106 Å². The Hall–Kier alpha value is -11.0. The van der Waals surface area contributed by atoms with Crippen molar-refractivity contribution in [2.75, 3.05) is 19.7 Å². The molecule has 0 radical (unpaired) electrons. The number of carboxylic acid groups (broad SMARTS) is 1. The predicted molar refractivity (Wildman–Crippen MR) is 400 cm³/mol. The molecule has 4 aromatic rings. The number of ketones is 1. The maximum atomic E-state index is 16.0. The van der Waals surface area contributed by atoms with Crippen LogP contribution in [0, 0.1) is 22.7 Å². The molecule has 0 unspecified atom stereocenters. The summed E-state index contributed by atoms with van der Waals surface area (Å²) >= 11 is 0. The summed E-state index contributed by atoms with van der Waals surface area (Å²) in [5.41, 5.74) is 3.75. The van der Waals surface area contributed by atoms with Crippen LogP contribution in [0.4, 0.5) is 0 Å². The van der Waals surface area contributed by atoms with Crippen LogP contribution in [0.5, 0.6) is 0 Å². The number of unbranched alkanes of at least 4 members (excludes halogenated alkanes) is 5. The standard InChI is InChI=1S/C80H100N12O22/c1-43-55(38-80(108)68(113-74(106)48-27-18-13-19-28-48)66-78(6,56(95)37-57-79(66,42-109-57)114-45(3)94)67(100)64(110-44(2)93)61(43)77(80,4)5)111-75(107)65(62(46-23-14-11-15-24-46)87-69(101)47-25-16-12-17-26-47)112-60(99)31-21-10-8-7-9-20-29-50-41-91(90-89-50)40-49-35-51-32-33-54-72(104)86-52(30-22-34-83-76(81)82)70(102)84-39-58(96)85-53(36-59(97)98)71(103)88-63(49)73(105)92(51)54/h11-19,23-28,41,49,51-57,62-66,68,95,108H,7-10,20-22,29-40,42H2,1-6H3,(H,84,102)(H,85,96)(H,86,104)(H,87,101)(H,88,103)(H,97,98)(H4,81,82,83)/t49-,51-,52-,53-,54-,55-,56-,57+,62-,63+,64+,65+,66-,68-,78+,79-,80+/m0/s1. The number of carboxylic acids is 1. The zero-order valence-corrected chi connectivity index (χ0v) is 64.5. The van der Waals surface area contributed by atoms with Crippen molar-refractivity contribution in [1.82, 2.24) is 46.5 Å². The van der Waals surface area contributed by atoms with Crippen molar-refractivity contribution >= 4 is 83.0 Å². The van der Waals surface area contributed by atoms with Crippen LogP contribution < -0.4 is 38.1 Å². The highest BCUT2D eigenvalue weighted by Gasteiger charge is 2.78. The quantitative estimate of drug-likeness (QED) is 0.00974. The number of nitrogens with two attached hydrogens (primary N) is 2. The molecule has 1 aromatic heterocycles. The van der Waals surface area contributed by atoms with E-state index in [1.54, 1.807) is 89.7 Å². The number of carbonyl (C=O) groups is 13. The van der Waals surface area contributed by atoms with Crippen LogP contribution in [0.15, 0.2) is 113 Å². The number of aliphatic imine (C=N–C) groups is 1. The first-order valence-electron chi connectivity index (χ1n) is 38.6. The van der Waals surface area contributed by atoms with Gasteiger partial charge in [0.25, 0.3) is 5.91 Å². The number of ether oxygens (including phenoxy) is 6. The van der Waals surface area contributed by atoms with Gasteiger partial charge < -0.3 is 86.7 Å². The van der Waals surface area contributed by atoms with Gasteiger partial charge >= 0.3 is 35.8 Å². The molecule has 4 aliphatic heterocycles. The topological polar surface area (TPSA) is 496 Å². The summed E-state index contributed by atoms with van der Waals surface area (Å²) in [4.78, 5) is 189. The molecule has 4 saturated heterocycles. The van der Waals surface area contributed by atoms with E-state index < -0.39 is 203 Å². The number of hydrogen-bond donors (Lipinski definition) is 10. The molecule has 12 N–H and O–H groups in total. The number of piperidine rings is 1. The van der Waals surface area contributed by atoms with Crippen LogP contribution >= 0.6 is 0 Å². The van der Waals surface area contributed by atoms with Crippen molar-refractivity contribution in [3.63, 3.8) is 0 Å². The third kappa shape index (κ3) is 18.0. The number of benzene rings is 3. The highest BCUT2D eigenvalue weighted by Crippen LogP contribution is 2.65. The van der Waals surface area contributed by atoms with Crippen molar-refractivity contribution in [2.45, 2.75) is 235 Å². The van der Waals surface area contributed by atoms with E-state index in [9.17, 15) is 68.1 Å². The Morgan fingerprint density at radius 1 is 0.772 bits per heavy atom. The van der Waals surface area contributed by atoms with Gasteiger partial charge in [0, 0.05) is 75.3 Å². The number of aromatic nitrogens is 3. The molecule has 34 heteroatoms. The second-order valence-electron chi connectivity index (χ2n) is 31.3. The molecule has 612 valence electrons. The number of aryl methyl sites for hydroxylation is 1. The summed E-state index contributed by atoms with van der Waals surface area (Å²) in [6.07, 6.45) is -5.22. The average Bonchev–Trinajstić information content (AvgIpc) is 0.757. The molecular formula is C80H100N12O22.